The molecule has 0 saturated carbocycles. The van der Waals surface area contributed by atoms with Crippen molar-refractivity contribution < 1.29 is 9.53 Å². The van der Waals surface area contributed by atoms with Crippen LogP contribution in [0.15, 0.2) is 29.8 Å². The Morgan fingerprint density at radius 2 is 1.94 bits per heavy atom. The molecule has 0 aliphatic carbocycles. The van der Waals surface area contributed by atoms with Crippen molar-refractivity contribution in [3.8, 4) is 0 Å². The molecule has 3 nitrogen and oxygen atoms in total. The third-order valence-electron chi connectivity index (χ3n) is 2.39. The quantitative estimate of drug-likeness (QED) is 0.660. The molecule has 0 spiro atoms. The Balaban J connectivity index is 0.00000289. The molecular formula is C14H20ClNO2. The maximum atomic E-state index is 11.4. The van der Waals surface area contributed by atoms with Crippen molar-refractivity contribution in [2.24, 2.45) is 5.73 Å². The molecular weight excluding hydrogens is 250 g/mol. The fourth-order valence-corrected chi connectivity index (χ4v) is 1.50. The predicted molar refractivity (Wildman–Crippen MR) is 76.7 cm³/mol. The van der Waals surface area contributed by atoms with Gasteiger partial charge < -0.3 is 10.5 Å². The van der Waals surface area contributed by atoms with E-state index in [2.05, 4.69) is 0 Å². The monoisotopic (exact) mass is 269 g/mol. The van der Waals surface area contributed by atoms with Crippen LogP contribution in [0.3, 0.4) is 0 Å². The van der Waals surface area contributed by atoms with Crippen LogP contribution in [0.2, 0.25) is 0 Å². The minimum atomic E-state index is -0.265. The van der Waals surface area contributed by atoms with Crippen LogP contribution in [-0.4, -0.2) is 19.1 Å². The summed E-state index contributed by atoms with van der Waals surface area (Å²) in [5.41, 5.74) is 8.29. The third-order valence-corrected chi connectivity index (χ3v) is 2.39. The average Bonchev–Trinajstić information content (AvgIpc) is 2.32. The lowest BCUT2D eigenvalue weighted by Crippen LogP contribution is -2.04. The van der Waals surface area contributed by atoms with E-state index >= 15 is 0 Å². The first-order valence-electron chi connectivity index (χ1n) is 5.81. The zero-order valence-corrected chi connectivity index (χ0v) is 11.6. The van der Waals surface area contributed by atoms with Crippen LogP contribution in [0.1, 0.15) is 25.0 Å². The molecule has 18 heavy (non-hydrogen) atoms. The maximum Gasteiger partial charge on any atom is 0.333 e. The van der Waals surface area contributed by atoms with Crippen LogP contribution in [0.4, 0.5) is 0 Å². The molecule has 0 aliphatic heterocycles. The number of esters is 1. The number of benzene rings is 1. The Labute approximate surface area is 114 Å². The van der Waals surface area contributed by atoms with Crippen LogP contribution in [0.5, 0.6) is 0 Å². The Hall–Kier alpha value is -1.32. The van der Waals surface area contributed by atoms with E-state index in [1.807, 2.05) is 30.3 Å². The van der Waals surface area contributed by atoms with Gasteiger partial charge in [-0.1, -0.05) is 24.3 Å². The molecule has 0 amide bonds. The van der Waals surface area contributed by atoms with Crippen LogP contribution < -0.4 is 5.73 Å². The standard InChI is InChI=1S/C14H19NO2.ClH/c1-3-17-14(16)11(2)10-13-6-4-12(5-7-13)8-9-15;/h4-7,10H,3,8-9,15H2,1-2H3;1H/b11-10+;. The number of nitrogens with two attached hydrogens (primary N) is 1. The summed E-state index contributed by atoms with van der Waals surface area (Å²) in [4.78, 5) is 11.4. The molecule has 2 N–H and O–H groups in total. The van der Waals surface area contributed by atoms with Crippen molar-refractivity contribution in [2.45, 2.75) is 20.3 Å². The number of carbonyl (C=O) groups excluding carboxylic acids is 1. The van der Waals surface area contributed by atoms with Gasteiger partial charge in [-0.05, 0) is 44.0 Å². The highest BCUT2D eigenvalue weighted by Crippen LogP contribution is 2.10. The van der Waals surface area contributed by atoms with Gasteiger partial charge in [-0.2, -0.15) is 0 Å². The summed E-state index contributed by atoms with van der Waals surface area (Å²) in [6.07, 6.45) is 2.70. The smallest absolute Gasteiger partial charge is 0.333 e. The lowest BCUT2D eigenvalue weighted by atomic mass is 10.1. The van der Waals surface area contributed by atoms with Crippen LogP contribution in [0, 0.1) is 0 Å². The van der Waals surface area contributed by atoms with Crippen LogP contribution in [-0.2, 0) is 16.0 Å². The lowest BCUT2D eigenvalue weighted by molar-refractivity contribution is -0.138. The van der Waals surface area contributed by atoms with E-state index in [1.54, 1.807) is 13.8 Å². The Kier molecular flexibility index (Phi) is 8.08. The van der Waals surface area contributed by atoms with E-state index in [4.69, 9.17) is 10.5 Å². The van der Waals surface area contributed by atoms with Gasteiger partial charge in [0.25, 0.3) is 0 Å². The van der Waals surface area contributed by atoms with E-state index < -0.39 is 0 Å². The van der Waals surface area contributed by atoms with E-state index in [0.717, 1.165) is 12.0 Å². The summed E-state index contributed by atoms with van der Waals surface area (Å²) in [6, 6.07) is 8.01. The Bertz CT molecular complexity index is 399. The van der Waals surface area contributed by atoms with Crippen molar-refractivity contribution in [1.82, 2.24) is 0 Å². The Morgan fingerprint density at radius 3 is 2.44 bits per heavy atom. The summed E-state index contributed by atoms with van der Waals surface area (Å²) in [5.74, 6) is -0.265. The van der Waals surface area contributed by atoms with Gasteiger partial charge in [-0.15, -0.1) is 12.4 Å². The zero-order valence-electron chi connectivity index (χ0n) is 10.8. The van der Waals surface area contributed by atoms with Gasteiger partial charge in [0.2, 0.25) is 0 Å². The molecule has 0 unspecified atom stereocenters. The highest BCUT2D eigenvalue weighted by atomic mass is 35.5. The van der Waals surface area contributed by atoms with E-state index in [-0.39, 0.29) is 18.4 Å². The van der Waals surface area contributed by atoms with Gasteiger partial charge in [0.1, 0.15) is 0 Å². The van der Waals surface area contributed by atoms with Gasteiger partial charge in [0, 0.05) is 5.57 Å². The van der Waals surface area contributed by atoms with Gasteiger partial charge in [0.15, 0.2) is 0 Å². The summed E-state index contributed by atoms with van der Waals surface area (Å²) in [6.45, 7) is 4.61. The first kappa shape index (κ1) is 16.7. The van der Waals surface area contributed by atoms with E-state index in [1.165, 1.54) is 5.56 Å². The average molecular weight is 270 g/mol. The number of halogens is 1. The molecule has 1 aromatic carbocycles. The molecule has 0 aromatic heterocycles. The van der Waals surface area contributed by atoms with Gasteiger partial charge in [-0.3, -0.25) is 0 Å². The summed E-state index contributed by atoms with van der Waals surface area (Å²) < 4.78 is 4.91. The molecule has 0 fully saturated rings. The highest BCUT2D eigenvalue weighted by Gasteiger charge is 2.03. The first-order valence-corrected chi connectivity index (χ1v) is 5.81. The van der Waals surface area contributed by atoms with E-state index in [9.17, 15) is 4.79 Å². The fraction of sp³-hybridized carbons (Fsp3) is 0.357. The number of ether oxygens (including phenoxy) is 1. The Morgan fingerprint density at radius 1 is 1.33 bits per heavy atom. The highest BCUT2D eigenvalue weighted by molar-refractivity contribution is 5.92. The van der Waals surface area contributed by atoms with Crippen molar-refractivity contribution in [1.29, 1.82) is 0 Å². The van der Waals surface area contributed by atoms with Crippen molar-refractivity contribution in [3.05, 3.63) is 41.0 Å². The third kappa shape index (κ3) is 5.34. The minimum absolute atomic E-state index is 0. The summed E-state index contributed by atoms with van der Waals surface area (Å²) >= 11 is 0. The lowest BCUT2D eigenvalue weighted by Gasteiger charge is -2.02. The fourth-order valence-electron chi connectivity index (χ4n) is 1.50. The van der Waals surface area contributed by atoms with Crippen molar-refractivity contribution in [2.75, 3.05) is 13.2 Å². The van der Waals surface area contributed by atoms with Gasteiger partial charge >= 0.3 is 5.97 Å². The van der Waals surface area contributed by atoms with Crippen LogP contribution >= 0.6 is 12.4 Å². The van der Waals surface area contributed by atoms with Gasteiger partial charge in [-0.25, -0.2) is 4.79 Å². The van der Waals surface area contributed by atoms with Crippen molar-refractivity contribution >= 4 is 24.5 Å². The second-order valence-electron chi connectivity index (χ2n) is 3.83. The molecule has 100 valence electrons. The van der Waals surface area contributed by atoms with Gasteiger partial charge in [0.05, 0.1) is 6.61 Å². The van der Waals surface area contributed by atoms with Crippen LogP contribution in [0.25, 0.3) is 6.08 Å². The number of carbonyl (C=O) groups is 1. The second kappa shape index (κ2) is 8.72. The zero-order chi connectivity index (χ0) is 12.7. The molecule has 1 rings (SSSR count). The number of hydrogen-bond donors (Lipinski definition) is 1. The molecule has 0 saturated heterocycles. The van der Waals surface area contributed by atoms with Crippen molar-refractivity contribution in [3.63, 3.8) is 0 Å². The minimum Gasteiger partial charge on any atom is -0.463 e. The molecule has 0 atom stereocenters. The van der Waals surface area contributed by atoms with E-state index in [0.29, 0.717) is 18.7 Å². The molecule has 0 radical (unpaired) electrons. The molecule has 4 heteroatoms. The first-order chi connectivity index (χ1) is 8.17. The second-order valence-corrected chi connectivity index (χ2v) is 3.83. The SMILES string of the molecule is CCOC(=O)/C(C)=C/c1ccc(CCN)cc1.Cl. The summed E-state index contributed by atoms with van der Waals surface area (Å²) in [7, 11) is 0. The molecule has 0 bridgehead atoms. The maximum absolute atomic E-state index is 11.4. The number of rotatable bonds is 5. The topological polar surface area (TPSA) is 52.3 Å². The largest absolute Gasteiger partial charge is 0.463 e. The molecule has 0 aliphatic rings. The summed E-state index contributed by atoms with van der Waals surface area (Å²) in [5, 5.41) is 0. The molecule has 0 heterocycles. The normalized spacial score (nSPS) is 10.7. The number of hydrogen-bond acceptors (Lipinski definition) is 3. The predicted octanol–water partition coefficient (Wildman–Crippen LogP) is 2.58. The molecule has 1 aromatic rings.